The largest absolute Gasteiger partial charge is 0.497 e. The molecule has 0 atom stereocenters. The summed E-state index contributed by atoms with van der Waals surface area (Å²) in [5, 5.41) is 10.3. The molecule has 0 radical (unpaired) electrons. The lowest BCUT2D eigenvalue weighted by Gasteiger charge is -2.25. The van der Waals surface area contributed by atoms with Crippen molar-refractivity contribution in [3.63, 3.8) is 0 Å². The molecule has 1 aliphatic carbocycles. The third kappa shape index (κ3) is 6.31. The number of rotatable bonds is 8. The van der Waals surface area contributed by atoms with Crippen LogP contribution < -0.4 is 4.74 Å². The standard InChI is InChI=1S/C34H31ClN2O3S.ClH/c1-40-28-13-7-22(8-14-28)24-11-17-30(35)26(19-24)21-41-29-15-9-23(10-16-29)33-36-31-20-25(34(38)39)12-18-32(31)37(33)27-5-3-2-4-6-27;/h7-20,27H,2-6,21H2,1H3,(H,38,39);1H. The Morgan fingerprint density at radius 3 is 2.31 bits per heavy atom. The number of carbonyl (C=O) groups is 1. The molecule has 0 aliphatic heterocycles. The Kier molecular flexibility index (Phi) is 9.47. The van der Waals surface area contributed by atoms with Crippen LogP contribution in [0.2, 0.25) is 5.02 Å². The van der Waals surface area contributed by atoms with Crippen LogP contribution in [-0.2, 0) is 5.75 Å². The predicted octanol–water partition coefficient (Wildman–Crippen LogP) is 9.95. The first-order chi connectivity index (χ1) is 20.0. The Balaban J connectivity index is 0.00000353. The number of fused-ring (bicyclic) bond motifs is 1. The average Bonchev–Trinajstić information content (AvgIpc) is 3.40. The Bertz CT molecular complexity index is 1700. The lowest BCUT2D eigenvalue weighted by molar-refractivity contribution is 0.0697. The van der Waals surface area contributed by atoms with Crippen LogP contribution in [-0.4, -0.2) is 27.7 Å². The molecule has 0 unspecified atom stereocenters. The molecule has 0 bridgehead atoms. The summed E-state index contributed by atoms with van der Waals surface area (Å²) in [7, 11) is 1.67. The number of benzene rings is 4. The molecule has 5 nitrogen and oxygen atoms in total. The number of carboxylic acids is 1. The molecule has 0 spiro atoms. The summed E-state index contributed by atoms with van der Waals surface area (Å²) in [5.74, 6) is 1.56. The number of ether oxygens (including phenoxy) is 1. The zero-order valence-electron chi connectivity index (χ0n) is 23.3. The Morgan fingerprint density at radius 2 is 1.62 bits per heavy atom. The smallest absolute Gasteiger partial charge is 0.335 e. The zero-order valence-corrected chi connectivity index (χ0v) is 25.6. The van der Waals surface area contributed by atoms with Gasteiger partial charge in [-0.2, -0.15) is 0 Å². The molecule has 6 rings (SSSR count). The quantitative estimate of drug-likeness (QED) is 0.175. The van der Waals surface area contributed by atoms with Crippen molar-refractivity contribution in [2.24, 2.45) is 0 Å². The summed E-state index contributed by atoms with van der Waals surface area (Å²) in [6, 6.07) is 28.4. The van der Waals surface area contributed by atoms with Crippen LogP contribution in [0.3, 0.4) is 0 Å². The summed E-state index contributed by atoms with van der Waals surface area (Å²) < 4.78 is 7.63. The number of nitrogens with zero attached hydrogens (tertiary/aromatic N) is 2. The molecule has 216 valence electrons. The van der Waals surface area contributed by atoms with E-state index in [1.54, 1.807) is 31.0 Å². The van der Waals surface area contributed by atoms with Crippen molar-refractivity contribution in [1.29, 1.82) is 0 Å². The van der Waals surface area contributed by atoms with Gasteiger partial charge in [-0.15, -0.1) is 24.2 Å². The number of hydrogen-bond donors (Lipinski definition) is 1. The highest BCUT2D eigenvalue weighted by Gasteiger charge is 2.23. The van der Waals surface area contributed by atoms with Gasteiger partial charge in [0.2, 0.25) is 0 Å². The maximum absolute atomic E-state index is 11.6. The summed E-state index contributed by atoms with van der Waals surface area (Å²) in [6.45, 7) is 0. The maximum atomic E-state index is 11.6. The molecule has 42 heavy (non-hydrogen) atoms. The monoisotopic (exact) mass is 618 g/mol. The SMILES string of the molecule is COc1ccc(-c2ccc(Cl)c(CSc3ccc(-c4nc5cc(C(=O)O)ccc5n4C4CCCCC4)cc3)c2)cc1.Cl. The Labute approximate surface area is 261 Å². The van der Waals surface area contributed by atoms with E-state index in [-0.39, 0.29) is 18.0 Å². The lowest BCUT2D eigenvalue weighted by Crippen LogP contribution is -2.14. The third-order valence-corrected chi connectivity index (χ3v) is 9.28. The number of imidazole rings is 1. The molecule has 1 fully saturated rings. The number of methoxy groups -OCH3 is 1. The van der Waals surface area contributed by atoms with Gasteiger partial charge >= 0.3 is 5.97 Å². The molecule has 0 saturated heterocycles. The fourth-order valence-corrected chi connectivity index (χ4v) is 6.81. The first kappa shape index (κ1) is 30.0. The fourth-order valence-electron chi connectivity index (χ4n) is 5.65. The molecule has 4 aromatic carbocycles. The van der Waals surface area contributed by atoms with Crippen molar-refractivity contribution in [3.05, 3.63) is 101 Å². The summed E-state index contributed by atoms with van der Waals surface area (Å²) in [5.41, 5.74) is 6.36. The number of thioether (sulfide) groups is 1. The topological polar surface area (TPSA) is 64.3 Å². The highest BCUT2D eigenvalue weighted by molar-refractivity contribution is 7.98. The minimum Gasteiger partial charge on any atom is -0.497 e. The normalized spacial score (nSPS) is 13.6. The Morgan fingerprint density at radius 1 is 0.929 bits per heavy atom. The van der Waals surface area contributed by atoms with Gasteiger partial charge in [-0.25, -0.2) is 9.78 Å². The van der Waals surface area contributed by atoms with Gasteiger partial charge in [0, 0.05) is 27.3 Å². The second-order valence-electron chi connectivity index (χ2n) is 10.5. The van der Waals surface area contributed by atoms with Crippen LogP contribution in [0.4, 0.5) is 0 Å². The summed E-state index contributed by atoms with van der Waals surface area (Å²) >= 11 is 8.33. The minimum atomic E-state index is -0.934. The summed E-state index contributed by atoms with van der Waals surface area (Å²) in [4.78, 5) is 17.7. The van der Waals surface area contributed by atoms with Crippen LogP contribution in [0.1, 0.15) is 54.1 Å². The number of hydrogen-bond acceptors (Lipinski definition) is 4. The van der Waals surface area contributed by atoms with Crippen molar-refractivity contribution in [2.75, 3.05) is 7.11 Å². The number of halogens is 2. The number of carboxylic acid groups (broad SMARTS) is 1. The van der Waals surface area contributed by atoms with Crippen LogP contribution in [0, 0.1) is 0 Å². The zero-order chi connectivity index (χ0) is 28.3. The summed E-state index contributed by atoms with van der Waals surface area (Å²) in [6.07, 6.45) is 5.90. The van der Waals surface area contributed by atoms with Gasteiger partial charge in [0.1, 0.15) is 11.6 Å². The van der Waals surface area contributed by atoms with E-state index in [0.717, 1.165) is 73.4 Å². The second kappa shape index (κ2) is 13.2. The van der Waals surface area contributed by atoms with E-state index in [0.29, 0.717) is 6.04 Å². The van der Waals surface area contributed by atoms with Gasteiger partial charge in [-0.05, 0) is 84.1 Å². The Hall–Kier alpha value is -3.45. The second-order valence-corrected chi connectivity index (χ2v) is 11.9. The molecule has 5 aromatic rings. The van der Waals surface area contributed by atoms with E-state index in [1.807, 2.05) is 30.3 Å². The number of aromatic carboxylic acids is 1. The molecule has 1 saturated carbocycles. The highest BCUT2D eigenvalue weighted by atomic mass is 35.5. The van der Waals surface area contributed by atoms with Crippen LogP contribution in [0.25, 0.3) is 33.5 Å². The average molecular weight is 620 g/mol. The third-order valence-electron chi connectivity index (χ3n) is 7.85. The molecule has 8 heteroatoms. The van der Waals surface area contributed by atoms with Crippen LogP contribution >= 0.6 is 35.8 Å². The van der Waals surface area contributed by atoms with Crippen molar-refractivity contribution in [2.45, 2.75) is 48.8 Å². The molecule has 1 N–H and O–H groups in total. The van der Waals surface area contributed by atoms with E-state index in [4.69, 9.17) is 21.3 Å². The van der Waals surface area contributed by atoms with Crippen molar-refractivity contribution >= 4 is 52.8 Å². The van der Waals surface area contributed by atoms with Gasteiger partial charge in [-0.1, -0.05) is 61.2 Å². The highest BCUT2D eigenvalue weighted by Crippen LogP contribution is 2.37. The lowest BCUT2D eigenvalue weighted by atomic mass is 9.95. The minimum absolute atomic E-state index is 0. The first-order valence-electron chi connectivity index (χ1n) is 13.9. The van der Waals surface area contributed by atoms with Gasteiger partial charge in [0.15, 0.2) is 0 Å². The van der Waals surface area contributed by atoms with Crippen molar-refractivity contribution in [3.8, 4) is 28.3 Å². The van der Waals surface area contributed by atoms with Crippen molar-refractivity contribution in [1.82, 2.24) is 9.55 Å². The molecule has 1 heterocycles. The van der Waals surface area contributed by atoms with E-state index in [9.17, 15) is 9.90 Å². The first-order valence-corrected chi connectivity index (χ1v) is 15.3. The van der Waals surface area contributed by atoms with E-state index >= 15 is 0 Å². The van der Waals surface area contributed by atoms with Gasteiger partial charge in [0.25, 0.3) is 0 Å². The van der Waals surface area contributed by atoms with Gasteiger partial charge in [0.05, 0.1) is 23.7 Å². The molecule has 1 aliphatic rings. The fraction of sp³-hybridized carbons (Fsp3) is 0.235. The van der Waals surface area contributed by atoms with Gasteiger partial charge in [-0.3, -0.25) is 0 Å². The molecular weight excluding hydrogens is 587 g/mol. The van der Waals surface area contributed by atoms with E-state index < -0.39 is 5.97 Å². The molecule has 1 aromatic heterocycles. The molecule has 0 amide bonds. The van der Waals surface area contributed by atoms with Crippen LogP contribution in [0.5, 0.6) is 5.75 Å². The maximum Gasteiger partial charge on any atom is 0.335 e. The number of aromatic nitrogens is 2. The van der Waals surface area contributed by atoms with Gasteiger partial charge < -0.3 is 14.4 Å². The molecular formula is C34H32Cl2N2O3S. The van der Waals surface area contributed by atoms with E-state index in [1.165, 1.54) is 19.3 Å². The van der Waals surface area contributed by atoms with E-state index in [2.05, 4.69) is 47.0 Å². The van der Waals surface area contributed by atoms with Crippen molar-refractivity contribution < 1.29 is 14.6 Å². The van der Waals surface area contributed by atoms with Crippen LogP contribution in [0.15, 0.2) is 89.8 Å². The predicted molar refractivity (Wildman–Crippen MR) is 174 cm³/mol.